The zero-order chi connectivity index (χ0) is 21.0. The topological polar surface area (TPSA) is 106 Å². The Bertz CT molecular complexity index is 771. The number of hydrogen-bond donors (Lipinski definition) is 3. The van der Waals surface area contributed by atoms with Gasteiger partial charge >= 0.3 is 0 Å². The molecule has 30 heavy (non-hydrogen) atoms. The maximum atomic E-state index is 5.69. The summed E-state index contributed by atoms with van der Waals surface area (Å²) < 4.78 is 16.4. The molecule has 0 spiro atoms. The molecule has 1 fully saturated rings. The number of aromatic nitrogens is 3. The third-order valence-corrected chi connectivity index (χ3v) is 4.70. The molecule has 3 rings (SSSR count). The van der Waals surface area contributed by atoms with Gasteiger partial charge in [-0.05, 0) is 50.5 Å². The normalized spacial score (nSPS) is 16.6. The molecule has 1 saturated heterocycles. The van der Waals surface area contributed by atoms with E-state index in [9.17, 15) is 0 Å². The number of aliphatic imine (C=N–C) groups is 1. The van der Waals surface area contributed by atoms with Crippen LogP contribution in [0.25, 0.3) is 11.4 Å². The number of benzene rings is 1. The van der Waals surface area contributed by atoms with Crippen molar-refractivity contribution < 1.29 is 14.2 Å². The average Bonchev–Trinajstić information content (AvgIpc) is 3.46. The van der Waals surface area contributed by atoms with E-state index in [2.05, 4.69) is 30.8 Å². The van der Waals surface area contributed by atoms with Gasteiger partial charge in [0.2, 0.25) is 0 Å². The van der Waals surface area contributed by atoms with E-state index < -0.39 is 0 Å². The Kier molecular flexibility index (Phi) is 8.92. The van der Waals surface area contributed by atoms with E-state index in [-0.39, 0.29) is 6.10 Å². The van der Waals surface area contributed by atoms with Crippen LogP contribution in [0.5, 0.6) is 5.75 Å². The van der Waals surface area contributed by atoms with Crippen molar-refractivity contribution in [2.45, 2.75) is 38.8 Å². The zero-order valence-corrected chi connectivity index (χ0v) is 17.8. The molecule has 0 bridgehead atoms. The number of nitrogens with zero attached hydrogens (tertiary/aromatic N) is 3. The van der Waals surface area contributed by atoms with Gasteiger partial charge in [0.25, 0.3) is 0 Å². The first kappa shape index (κ1) is 22.0. The molecule has 1 aromatic heterocycles. The molecule has 3 N–H and O–H groups in total. The summed E-state index contributed by atoms with van der Waals surface area (Å²) in [5.74, 6) is 2.90. The van der Waals surface area contributed by atoms with E-state index in [4.69, 9.17) is 14.2 Å². The monoisotopic (exact) mass is 416 g/mol. The van der Waals surface area contributed by atoms with Crippen LogP contribution in [0.2, 0.25) is 0 Å². The van der Waals surface area contributed by atoms with Gasteiger partial charge in [-0.3, -0.25) is 5.10 Å². The molecule has 1 atom stereocenters. The molecule has 2 aromatic rings. The number of ether oxygens (including phenoxy) is 3. The van der Waals surface area contributed by atoms with Crippen molar-refractivity contribution in [3.05, 3.63) is 30.1 Å². The van der Waals surface area contributed by atoms with E-state index in [1.165, 1.54) is 0 Å². The highest BCUT2D eigenvalue weighted by Gasteiger charge is 2.14. The number of guanidine groups is 1. The molecule has 0 radical (unpaired) electrons. The van der Waals surface area contributed by atoms with Crippen molar-refractivity contribution in [3.8, 4) is 17.1 Å². The Morgan fingerprint density at radius 1 is 1.30 bits per heavy atom. The molecule has 9 nitrogen and oxygen atoms in total. The first-order valence-corrected chi connectivity index (χ1v) is 10.6. The summed E-state index contributed by atoms with van der Waals surface area (Å²) in [5.41, 5.74) is 0.926. The molecular weight excluding hydrogens is 384 g/mol. The summed E-state index contributed by atoms with van der Waals surface area (Å²) in [6.45, 7) is 6.28. The maximum absolute atomic E-state index is 5.69. The third-order valence-electron chi connectivity index (χ3n) is 4.70. The molecular formula is C21H32N6O3. The number of rotatable bonds is 11. The van der Waals surface area contributed by atoms with E-state index in [0.717, 1.165) is 56.2 Å². The Morgan fingerprint density at radius 3 is 2.90 bits per heavy atom. The van der Waals surface area contributed by atoms with Gasteiger partial charge in [0.1, 0.15) is 18.1 Å². The van der Waals surface area contributed by atoms with Crippen molar-refractivity contribution in [1.29, 1.82) is 0 Å². The fraction of sp³-hybridized carbons (Fsp3) is 0.571. The Morgan fingerprint density at radius 2 is 2.17 bits per heavy atom. The van der Waals surface area contributed by atoms with Crippen LogP contribution in [-0.4, -0.2) is 67.3 Å². The Balaban J connectivity index is 1.41. The highest BCUT2D eigenvalue weighted by Crippen LogP contribution is 2.19. The molecule has 1 unspecified atom stereocenters. The smallest absolute Gasteiger partial charge is 0.191 e. The summed E-state index contributed by atoms with van der Waals surface area (Å²) in [4.78, 5) is 9.10. The Labute approximate surface area is 177 Å². The lowest BCUT2D eigenvalue weighted by Gasteiger charge is -2.12. The van der Waals surface area contributed by atoms with Crippen LogP contribution in [0.4, 0.5) is 0 Å². The van der Waals surface area contributed by atoms with Gasteiger partial charge in [0, 0.05) is 31.9 Å². The second-order valence-corrected chi connectivity index (χ2v) is 7.02. The first-order valence-electron chi connectivity index (χ1n) is 10.6. The van der Waals surface area contributed by atoms with E-state index in [0.29, 0.717) is 31.4 Å². The van der Waals surface area contributed by atoms with Crippen molar-refractivity contribution in [1.82, 2.24) is 25.8 Å². The summed E-state index contributed by atoms with van der Waals surface area (Å²) >= 11 is 0. The van der Waals surface area contributed by atoms with Crippen LogP contribution in [0.3, 0.4) is 0 Å². The van der Waals surface area contributed by atoms with Crippen LogP contribution in [-0.2, 0) is 16.0 Å². The first-order chi connectivity index (χ1) is 14.8. The lowest BCUT2D eigenvalue weighted by molar-refractivity contribution is 0.0168. The molecule has 1 aliphatic rings. The third kappa shape index (κ3) is 7.00. The highest BCUT2D eigenvalue weighted by molar-refractivity contribution is 5.79. The predicted octanol–water partition coefficient (Wildman–Crippen LogP) is 2.12. The van der Waals surface area contributed by atoms with Crippen LogP contribution in [0.15, 0.2) is 29.3 Å². The van der Waals surface area contributed by atoms with Gasteiger partial charge in [-0.25, -0.2) is 9.98 Å². The minimum atomic E-state index is 0.279. The lowest BCUT2D eigenvalue weighted by Crippen LogP contribution is -2.38. The molecule has 1 aliphatic heterocycles. The standard InChI is InChI=1S/C21H32N6O3/c1-3-22-21(23-11-5-12-29-15-18-6-4-13-30-18)24-14-19-25-20(27-26-19)16-7-9-17(28-2)10-8-16/h7-10,18H,3-6,11-15H2,1-2H3,(H2,22,23,24)(H,25,26,27). The van der Waals surface area contributed by atoms with E-state index in [1.807, 2.05) is 31.2 Å². The molecule has 2 heterocycles. The van der Waals surface area contributed by atoms with E-state index >= 15 is 0 Å². The van der Waals surface area contributed by atoms with E-state index in [1.54, 1.807) is 7.11 Å². The van der Waals surface area contributed by atoms with Crippen molar-refractivity contribution in [2.75, 3.05) is 40.0 Å². The van der Waals surface area contributed by atoms with Gasteiger partial charge < -0.3 is 24.8 Å². The predicted molar refractivity (Wildman–Crippen MR) is 116 cm³/mol. The molecule has 0 amide bonds. The van der Waals surface area contributed by atoms with Crippen LogP contribution in [0, 0.1) is 0 Å². The average molecular weight is 417 g/mol. The van der Waals surface area contributed by atoms with Crippen molar-refractivity contribution in [3.63, 3.8) is 0 Å². The number of nitrogens with one attached hydrogen (secondary N) is 3. The largest absolute Gasteiger partial charge is 0.497 e. The molecule has 164 valence electrons. The minimum absolute atomic E-state index is 0.279. The quantitative estimate of drug-likeness (QED) is 0.293. The number of aromatic amines is 1. The molecule has 0 aliphatic carbocycles. The number of H-pyrrole nitrogens is 1. The number of hydrogen-bond acceptors (Lipinski definition) is 6. The van der Waals surface area contributed by atoms with Gasteiger partial charge in [-0.15, -0.1) is 0 Å². The summed E-state index contributed by atoms with van der Waals surface area (Å²) in [5, 5.41) is 13.8. The molecule has 9 heteroatoms. The zero-order valence-electron chi connectivity index (χ0n) is 17.8. The summed E-state index contributed by atoms with van der Waals surface area (Å²) in [6.07, 6.45) is 3.44. The summed E-state index contributed by atoms with van der Waals surface area (Å²) in [7, 11) is 1.65. The SMILES string of the molecule is CCNC(=NCc1nc(-c2ccc(OC)cc2)n[nH]1)NCCCOCC1CCCO1. The molecule has 0 saturated carbocycles. The van der Waals surface area contributed by atoms with Gasteiger partial charge in [-0.1, -0.05) is 0 Å². The van der Waals surface area contributed by atoms with Crippen molar-refractivity contribution >= 4 is 5.96 Å². The fourth-order valence-electron chi connectivity index (χ4n) is 3.10. The second kappa shape index (κ2) is 12.1. The molecule has 1 aromatic carbocycles. The van der Waals surface area contributed by atoms with Gasteiger partial charge in [0.15, 0.2) is 11.8 Å². The highest BCUT2D eigenvalue weighted by atomic mass is 16.5. The Hall–Kier alpha value is -2.65. The van der Waals surface area contributed by atoms with Crippen molar-refractivity contribution in [2.24, 2.45) is 4.99 Å². The maximum Gasteiger partial charge on any atom is 0.191 e. The van der Waals surface area contributed by atoms with Crippen LogP contribution >= 0.6 is 0 Å². The number of methoxy groups -OCH3 is 1. The lowest BCUT2D eigenvalue weighted by atomic mass is 10.2. The van der Waals surface area contributed by atoms with Crippen LogP contribution in [0.1, 0.15) is 32.0 Å². The van der Waals surface area contributed by atoms with Crippen LogP contribution < -0.4 is 15.4 Å². The minimum Gasteiger partial charge on any atom is -0.497 e. The second-order valence-electron chi connectivity index (χ2n) is 7.02. The summed E-state index contributed by atoms with van der Waals surface area (Å²) in [6, 6.07) is 7.64. The fourth-order valence-corrected chi connectivity index (χ4v) is 3.10. The van der Waals surface area contributed by atoms with Gasteiger partial charge in [0.05, 0.1) is 19.8 Å². The van der Waals surface area contributed by atoms with Gasteiger partial charge in [-0.2, -0.15) is 5.10 Å².